The Labute approximate surface area is 164 Å². The molecule has 3 atom stereocenters. The second-order valence-electron chi connectivity index (χ2n) is 6.67. The third kappa shape index (κ3) is 5.29. The van der Waals surface area contributed by atoms with Crippen molar-refractivity contribution in [2.45, 2.75) is 31.4 Å². The quantitative estimate of drug-likeness (QED) is 0.315. The number of benzene rings is 1. The highest BCUT2D eigenvalue weighted by molar-refractivity contribution is 7.74. The fourth-order valence-electron chi connectivity index (χ4n) is 2.57. The Hall–Kier alpha value is -1.53. The van der Waals surface area contributed by atoms with Crippen LogP contribution in [0.2, 0.25) is 0 Å². The fourth-order valence-corrected chi connectivity index (χ4v) is 5.21. The van der Waals surface area contributed by atoms with E-state index in [2.05, 4.69) is 6.92 Å². The van der Waals surface area contributed by atoms with Crippen molar-refractivity contribution in [1.82, 2.24) is 0 Å². The molecule has 10 heteroatoms. The van der Waals surface area contributed by atoms with Crippen LogP contribution in [0.1, 0.15) is 19.8 Å². The van der Waals surface area contributed by atoms with Crippen molar-refractivity contribution in [3.05, 3.63) is 48.8 Å². The van der Waals surface area contributed by atoms with Crippen molar-refractivity contribution in [2.75, 3.05) is 13.3 Å². The molecule has 1 aromatic carbocycles. The summed E-state index contributed by atoms with van der Waals surface area (Å²) in [6.07, 6.45) is 4.95. The summed E-state index contributed by atoms with van der Waals surface area (Å²) in [5.41, 5.74) is 1.49. The van der Waals surface area contributed by atoms with Crippen molar-refractivity contribution >= 4 is 15.0 Å². The van der Waals surface area contributed by atoms with Crippen LogP contribution in [0.5, 0.6) is 5.75 Å². The van der Waals surface area contributed by atoms with Gasteiger partial charge in [0.25, 0.3) is 5.08 Å². The largest absolute Gasteiger partial charge is 0.776 e. The van der Waals surface area contributed by atoms with Crippen LogP contribution in [-0.2, 0) is 15.7 Å². The maximum atomic E-state index is 11.9. The molecule has 2 rings (SSSR count). The van der Waals surface area contributed by atoms with Crippen LogP contribution in [-0.4, -0.2) is 33.2 Å². The standard InChI is InChI=1S/C18H25NO7P2/c1-3-4-12-26-17-9-7-15(8-10-17)16-6-5-11-19(13-16)14-18(20,27(2,21)22)28(23,24)25/h5-11,13,20H,3-4,12,14H2,1-2H3,(H2-,21,22,23,24,25). The molecule has 0 aliphatic carbocycles. The molecule has 0 aliphatic heterocycles. The SMILES string of the molecule is CCCCOc1ccc(-c2ccc[n+](CC(O)(P(C)(=O)O)P(=O)([O-])O)c2)cc1. The Morgan fingerprint density at radius 2 is 1.79 bits per heavy atom. The lowest BCUT2D eigenvalue weighted by Gasteiger charge is -2.35. The van der Waals surface area contributed by atoms with Gasteiger partial charge < -0.3 is 29.1 Å². The molecule has 0 radical (unpaired) electrons. The summed E-state index contributed by atoms with van der Waals surface area (Å²) >= 11 is 0. The van der Waals surface area contributed by atoms with E-state index in [4.69, 9.17) is 4.74 Å². The lowest BCUT2D eigenvalue weighted by molar-refractivity contribution is -0.703. The molecule has 0 fully saturated rings. The van der Waals surface area contributed by atoms with E-state index in [9.17, 15) is 28.9 Å². The Balaban J connectivity index is 2.27. The Kier molecular flexibility index (Phi) is 7.21. The first-order chi connectivity index (χ1) is 13.0. The normalized spacial score (nSPS) is 17.9. The predicted octanol–water partition coefficient (Wildman–Crippen LogP) is 1.91. The van der Waals surface area contributed by atoms with Gasteiger partial charge in [0.15, 0.2) is 26.5 Å². The van der Waals surface area contributed by atoms with Crippen LogP contribution in [0.15, 0.2) is 48.8 Å². The highest BCUT2D eigenvalue weighted by Crippen LogP contribution is 2.65. The maximum Gasteiger partial charge on any atom is 0.263 e. The molecule has 3 N–H and O–H groups in total. The summed E-state index contributed by atoms with van der Waals surface area (Å²) in [4.78, 5) is 30.6. The number of unbranched alkanes of at least 4 members (excludes halogenated alkanes) is 1. The van der Waals surface area contributed by atoms with Crippen molar-refractivity contribution in [3.63, 3.8) is 0 Å². The molecule has 1 heterocycles. The first-order valence-corrected chi connectivity index (χ1v) is 12.5. The minimum absolute atomic E-state index is 0.633. The van der Waals surface area contributed by atoms with Gasteiger partial charge in [-0.05, 0) is 30.2 Å². The minimum atomic E-state index is -5.53. The van der Waals surface area contributed by atoms with Crippen LogP contribution < -0.4 is 14.2 Å². The monoisotopic (exact) mass is 429 g/mol. The zero-order chi connectivity index (χ0) is 21.0. The first-order valence-electron chi connectivity index (χ1n) is 8.77. The average Bonchev–Trinajstić information content (AvgIpc) is 2.61. The molecule has 0 saturated carbocycles. The van der Waals surface area contributed by atoms with E-state index in [1.54, 1.807) is 12.1 Å². The van der Waals surface area contributed by atoms with Gasteiger partial charge in [-0.1, -0.05) is 25.5 Å². The molecular weight excluding hydrogens is 404 g/mol. The molecule has 154 valence electrons. The first kappa shape index (κ1) is 22.8. The average molecular weight is 429 g/mol. The van der Waals surface area contributed by atoms with E-state index in [0.717, 1.165) is 24.2 Å². The van der Waals surface area contributed by atoms with Crippen LogP contribution >= 0.6 is 15.0 Å². The van der Waals surface area contributed by atoms with Gasteiger partial charge >= 0.3 is 0 Å². The molecule has 0 amide bonds. The van der Waals surface area contributed by atoms with E-state index in [0.29, 0.717) is 18.8 Å². The van der Waals surface area contributed by atoms with Crippen molar-refractivity contribution in [2.24, 2.45) is 0 Å². The Morgan fingerprint density at radius 3 is 2.32 bits per heavy atom. The van der Waals surface area contributed by atoms with Gasteiger partial charge in [-0.3, -0.25) is 4.57 Å². The number of rotatable bonds is 9. The third-order valence-corrected chi connectivity index (χ3v) is 8.71. The van der Waals surface area contributed by atoms with Crippen LogP contribution in [0.3, 0.4) is 0 Å². The molecule has 28 heavy (non-hydrogen) atoms. The highest BCUT2D eigenvalue weighted by atomic mass is 31.2. The second-order valence-corrected chi connectivity index (χ2v) is 11.3. The van der Waals surface area contributed by atoms with Gasteiger partial charge in [0, 0.05) is 18.3 Å². The van der Waals surface area contributed by atoms with Gasteiger partial charge in [0.1, 0.15) is 5.75 Å². The number of aromatic nitrogens is 1. The molecule has 8 nitrogen and oxygen atoms in total. The summed E-state index contributed by atoms with van der Waals surface area (Å²) in [5, 5.41) is 7.08. The van der Waals surface area contributed by atoms with Gasteiger partial charge in [-0.15, -0.1) is 0 Å². The van der Waals surface area contributed by atoms with Gasteiger partial charge in [-0.2, -0.15) is 0 Å². The van der Waals surface area contributed by atoms with E-state index in [-0.39, 0.29) is 0 Å². The summed E-state index contributed by atoms with van der Waals surface area (Å²) in [6, 6.07) is 10.6. The smallest absolute Gasteiger partial charge is 0.263 e. The summed E-state index contributed by atoms with van der Waals surface area (Å²) in [7, 11) is -10.1. The molecular formula is C18H25NO7P2. The summed E-state index contributed by atoms with van der Waals surface area (Å²) < 4.78 is 30.4. The van der Waals surface area contributed by atoms with Crippen molar-refractivity contribution in [1.29, 1.82) is 0 Å². The van der Waals surface area contributed by atoms with E-state index < -0.39 is 26.6 Å². The predicted molar refractivity (Wildman–Crippen MR) is 103 cm³/mol. The number of ether oxygens (including phenoxy) is 1. The number of hydrogen-bond donors (Lipinski definition) is 3. The highest BCUT2D eigenvalue weighted by Gasteiger charge is 2.54. The Bertz CT molecular complexity index is 867. The fraction of sp³-hybridized carbons (Fsp3) is 0.389. The van der Waals surface area contributed by atoms with Crippen molar-refractivity contribution in [3.8, 4) is 16.9 Å². The molecule has 0 saturated heterocycles. The van der Waals surface area contributed by atoms with E-state index in [1.165, 1.54) is 17.0 Å². The molecule has 0 spiro atoms. The minimum Gasteiger partial charge on any atom is -0.776 e. The van der Waals surface area contributed by atoms with Gasteiger partial charge in [0.2, 0.25) is 7.37 Å². The van der Waals surface area contributed by atoms with Crippen molar-refractivity contribution < 1.29 is 38.2 Å². The van der Waals surface area contributed by atoms with Crippen LogP contribution in [0, 0.1) is 0 Å². The number of nitrogens with zero attached hydrogens (tertiary/aromatic N) is 1. The molecule has 2 aromatic rings. The lowest BCUT2D eigenvalue weighted by atomic mass is 10.1. The Morgan fingerprint density at radius 1 is 1.14 bits per heavy atom. The van der Waals surface area contributed by atoms with Crippen LogP contribution in [0.4, 0.5) is 0 Å². The van der Waals surface area contributed by atoms with E-state index >= 15 is 0 Å². The van der Waals surface area contributed by atoms with Gasteiger partial charge in [-0.25, -0.2) is 4.57 Å². The molecule has 0 bridgehead atoms. The molecule has 1 aromatic heterocycles. The topological polar surface area (TPSA) is 131 Å². The zero-order valence-electron chi connectivity index (χ0n) is 15.8. The zero-order valence-corrected chi connectivity index (χ0v) is 17.6. The maximum absolute atomic E-state index is 11.9. The number of aliphatic hydroxyl groups is 1. The van der Waals surface area contributed by atoms with Crippen LogP contribution in [0.25, 0.3) is 11.1 Å². The van der Waals surface area contributed by atoms with Gasteiger partial charge in [0.05, 0.1) is 6.61 Å². The number of hydrogen-bond acceptors (Lipinski definition) is 5. The summed E-state index contributed by atoms with van der Waals surface area (Å²) in [5.74, 6) is 0.732. The second kappa shape index (κ2) is 8.87. The molecule has 0 aliphatic rings. The number of pyridine rings is 1. The summed E-state index contributed by atoms with van der Waals surface area (Å²) in [6.45, 7) is 2.61. The van der Waals surface area contributed by atoms with E-state index in [1.807, 2.05) is 24.3 Å². The lowest BCUT2D eigenvalue weighted by Crippen LogP contribution is -2.49. The third-order valence-electron chi connectivity index (χ3n) is 4.32. The molecule has 3 unspecified atom stereocenters.